The van der Waals surface area contributed by atoms with E-state index in [1.54, 1.807) is 24.3 Å². The number of nitriles is 1. The Hall–Kier alpha value is -2.57. The van der Waals surface area contributed by atoms with Gasteiger partial charge in [0.2, 0.25) is 0 Å². The second-order valence-corrected chi connectivity index (χ2v) is 5.06. The summed E-state index contributed by atoms with van der Waals surface area (Å²) in [7, 11) is 0. The Labute approximate surface area is 134 Å². The monoisotopic (exact) mass is 311 g/mol. The summed E-state index contributed by atoms with van der Waals surface area (Å²) in [6, 6.07) is 18.5. The third kappa shape index (κ3) is 4.76. The van der Waals surface area contributed by atoms with Gasteiger partial charge in [-0.1, -0.05) is 54.1 Å². The molecule has 0 radical (unpaired) electrons. The smallest absolute Gasteiger partial charge is 0.310 e. The highest BCUT2D eigenvalue weighted by Crippen LogP contribution is 2.17. The number of benzene rings is 2. The number of halogens is 1. The lowest BCUT2D eigenvalue weighted by Crippen LogP contribution is -2.02. The molecule has 0 aliphatic carbocycles. The standard InChI is InChI=1S/C18H14ClNO2/c19-17-9-7-15(8-10-17)16(12-20)13-22-18(21)11-6-14-4-2-1-3-5-14/h1-5,7-10,13H,6,11H2. The molecular formula is C18H14ClNO2. The van der Waals surface area contributed by atoms with Crippen LogP contribution in [0.15, 0.2) is 60.9 Å². The van der Waals surface area contributed by atoms with Gasteiger partial charge in [-0.25, -0.2) is 0 Å². The first-order valence-corrected chi connectivity index (χ1v) is 7.16. The quantitative estimate of drug-likeness (QED) is 0.468. The second kappa shape index (κ2) is 8.02. The number of ether oxygens (including phenoxy) is 1. The second-order valence-electron chi connectivity index (χ2n) is 4.63. The summed E-state index contributed by atoms with van der Waals surface area (Å²) in [6.45, 7) is 0. The van der Waals surface area contributed by atoms with Crippen molar-refractivity contribution in [1.82, 2.24) is 0 Å². The van der Waals surface area contributed by atoms with Gasteiger partial charge in [0.1, 0.15) is 12.3 Å². The van der Waals surface area contributed by atoms with Crippen LogP contribution in [0.5, 0.6) is 0 Å². The number of esters is 1. The Morgan fingerprint density at radius 2 is 1.82 bits per heavy atom. The zero-order valence-corrected chi connectivity index (χ0v) is 12.6. The molecule has 110 valence electrons. The Bertz CT molecular complexity index is 700. The first-order valence-electron chi connectivity index (χ1n) is 6.78. The normalized spacial score (nSPS) is 10.8. The van der Waals surface area contributed by atoms with Crippen molar-refractivity contribution < 1.29 is 9.53 Å². The van der Waals surface area contributed by atoms with E-state index in [-0.39, 0.29) is 18.0 Å². The fraction of sp³-hybridized carbons (Fsp3) is 0.111. The van der Waals surface area contributed by atoms with Gasteiger partial charge in [0.25, 0.3) is 0 Å². The van der Waals surface area contributed by atoms with Gasteiger partial charge < -0.3 is 4.74 Å². The highest BCUT2D eigenvalue weighted by molar-refractivity contribution is 6.30. The van der Waals surface area contributed by atoms with Crippen LogP contribution in [-0.2, 0) is 16.0 Å². The maximum Gasteiger partial charge on any atom is 0.310 e. The molecule has 4 heteroatoms. The molecule has 0 spiro atoms. The summed E-state index contributed by atoms with van der Waals surface area (Å²) in [5.74, 6) is -0.370. The largest absolute Gasteiger partial charge is 0.433 e. The Morgan fingerprint density at radius 1 is 1.14 bits per heavy atom. The van der Waals surface area contributed by atoms with Crippen molar-refractivity contribution in [2.24, 2.45) is 0 Å². The van der Waals surface area contributed by atoms with Crippen LogP contribution in [0.4, 0.5) is 0 Å². The SMILES string of the molecule is N#CC(=COC(=O)CCc1ccccc1)c1ccc(Cl)cc1. The average molecular weight is 312 g/mol. The molecule has 0 saturated carbocycles. The van der Waals surface area contributed by atoms with E-state index in [0.29, 0.717) is 17.0 Å². The van der Waals surface area contributed by atoms with Crippen LogP contribution in [0.2, 0.25) is 5.02 Å². The molecule has 0 fully saturated rings. The maximum atomic E-state index is 11.7. The molecular weight excluding hydrogens is 298 g/mol. The van der Waals surface area contributed by atoms with Crippen LogP contribution in [-0.4, -0.2) is 5.97 Å². The first kappa shape index (κ1) is 15.8. The molecule has 0 saturated heterocycles. The van der Waals surface area contributed by atoms with E-state index < -0.39 is 0 Å². The minimum atomic E-state index is -0.370. The third-order valence-corrected chi connectivity index (χ3v) is 3.30. The Morgan fingerprint density at radius 3 is 2.45 bits per heavy atom. The lowest BCUT2D eigenvalue weighted by Gasteiger charge is -2.02. The third-order valence-electron chi connectivity index (χ3n) is 3.04. The molecule has 0 atom stereocenters. The molecule has 22 heavy (non-hydrogen) atoms. The lowest BCUT2D eigenvalue weighted by atomic mass is 10.1. The van der Waals surface area contributed by atoms with Gasteiger partial charge in [-0.3, -0.25) is 4.79 Å². The number of hydrogen-bond donors (Lipinski definition) is 0. The summed E-state index contributed by atoms with van der Waals surface area (Å²) in [6.07, 6.45) is 2.06. The Kier molecular flexibility index (Phi) is 5.76. The van der Waals surface area contributed by atoms with Gasteiger partial charge in [-0.2, -0.15) is 5.26 Å². The average Bonchev–Trinajstić information content (AvgIpc) is 2.56. The lowest BCUT2D eigenvalue weighted by molar-refractivity contribution is -0.137. The van der Waals surface area contributed by atoms with Crippen LogP contribution >= 0.6 is 11.6 Å². The molecule has 2 rings (SSSR count). The van der Waals surface area contributed by atoms with Crippen molar-refractivity contribution in [2.75, 3.05) is 0 Å². The molecule has 0 unspecified atom stereocenters. The van der Waals surface area contributed by atoms with Crippen molar-refractivity contribution in [3.05, 3.63) is 77.0 Å². The van der Waals surface area contributed by atoms with E-state index in [2.05, 4.69) is 0 Å². The molecule has 0 aliphatic heterocycles. The number of aryl methyl sites for hydroxylation is 1. The molecule has 2 aromatic carbocycles. The zero-order chi connectivity index (χ0) is 15.8. The minimum absolute atomic E-state index is 0.264. The molecule has 2 aromatic rings. The van der Waals surface area contributed by atoms with Crippen molar-refractivity contribution >= 4 is 23.1 Å². The van der Waals surface area contributed by atoms with E-state index in [0.717, 1.165) is 5.56 Å². The zero-order valence-electron chi connectivity index (χ0n) is 11.8. The van der Waals surface area contributed by atoms with Gasteiger partial charge in [-0.15, -0.1) is 0 Å². The summed E-state index contributed by atoms with van der Waals surface area (Å²) in [5, 5.41) is 9.71. The van der Waals surface area contributed by atoms with Crippen LogP contribution < -0.4 is 0 Å². The predicted molar refractivity (Wildman–Crippen MR) is 85.9 cm³/mol. The van der Waals surface area contributed by atoms with Crippen LogP contribution in [0.3, 0.4) is 0 Å². The molecule has 3 nitrogen and oxygen atoms in total. The van der Waals surface area contributed by atoms with Crippen molar-refractivity contribution in [2.45, 2.75) is 12.8 Å². The van der Waals surface area contributed by atoms with Crippen molar-refractivity contribution in [3.8, 4) is 6.07 Å². The van der Waals surface area contributed by atoms with E-state index in [1.807, 2.05) is 36.4 Å². The van der Waals surface area contributed by atoms with Crippen molar-refractivity contribution in [3.63, 3.8) is 0 Å². The molecule has 0 amide bonds. The number of rotatable bonds is 5. The first-order chi connectivity index (χ1) is 10.7. The number of hydrogen-bond acceptors (Lipinski definition) is 3. The van der Waals surface area contributed by atoms with E-state index in [9.17, 15) is 4.79 Å². The predicted octanol–water partition coefficient (Wildman–Crippen LogP) is 4.38. The number of carbonyl (C=O) groups excluding carboxylic acids is 1. The van der Waals surface area contributed by atoms with Gasteiger partial charge in [-0.05, 0) is 29.7 Å². The van der Waals surface area contributed by atoms with E-state index in [1.165, 1.54) is 6.26 Å². The molecule has 0 aliphatic rings. The highest BCUT2D eigenvalue weighted by atomic mass is 35.5. The topological polar surface area (TPSA) is 50.1 Å². The summed E-state index contributed by atoms with van der Waals surface area (Å²) in [4.78, 5) is 11.7. The fourth-order valence-electron chi connectivity index (χ4n) is 1.86. The highest BCUT2D eigenvalue weighted by Gasteiger charge is 2.05. The van der Waals surface area contributed by atoms with Crippen molar-refractivity contribution in [1.29, 1.82) is 5.26 Å². The van der Waals surface area contributed by atoms with Gasteiger partial charge in [0.05, 0.1) is 5.57 Å². The van der Waals surface area contributed by atoms with E-state index in [4.69, 9.17) is 21.6 Å². The Balaban J connectivity index is 1.93. The molecule has 0 aromatic heterocycles. The van der Waals surface area contributed by atoms with Gasteiger partial charge in [0.15, 0.2) is 0 Å². The molecule has 0 N–H and O–H groups in total. The van der Waals surface area contributed by atoms with Crippen LogP contribution in [0, 0.1) is 11.3 Å². The van der Waals surface area contributed by atoms with Crippen LogP contribution in [0.25, 0.3) is 5.57 Å². The van der Waals surface area contributed by atoms with Gasteiger partial charge in [0, 0.05) is 11.4 Å². The molecule has 0 bridgehead atoms. The number of allylic oxidation sites excluding steroid dienone is 1. The molecule has 0 heterocycles. The fourth-order valence-corrected chi connectivity index (χ4v) is 1.99. The summed E-state index contributed by atoms with van der Waals surface area (Å²) < 4.78 is 5.04. The van der Waals surface area contributed by atoms with Gasteiger partial charge >= 0.3 is 5.97 Å². The maximum absolute atomic E-state index is 11.7. The minimum Gasteiger partial charge on any atom is -0.433 e. The number of nitrogens with zero attached hydrogens (tertiary/aromatic N) is 1. The van der Waals surface area contributed by atoms with Crippen LogP contribution in [0.1, 0.15) is 17.5 Å². The summed E-state index contributed by atoms with van der Waals surface area (Å²) >= 11 is 5.80. The summed E-state index contributed by atoms with van der Waals surface area (Å²) in [5.41, 5.74) is 2.01. The van der Waals surface area contributed by atoms with E-state index >= 15 is 0 Å². The number of carbonyl (C=O) groups is 1.